The summed E-state index contributed by atoms with van der Waals surface area (Å²) in [6.07, 6.45) is 7.36. The van der Waals surface area contributed by atoms with E-state index in [9.17, 15) is 8.42 Å². The molecule has 0 radical (unpaired) electrons. The summed E-state index contributed by atoms with van der Waals surface area (Å²) in [5.74, 6) is 2.88. The molecule has 14 heavy (non-hydrogen) atoms. The summed E-state index contributed by atoms with van der Waals surface area (Å²) in [4.78, 5) is 0. The fourth-order valence-electron chi connectivity index (χ4n) is 1.21. The highest BCUT2D eigenvalue weighted by Crippen LogP contribution is 2.30. The van der Waals surface area contributed by atoms with Crippen LogP contribution in [0, 0.1) is 18.3 Å². The van der Waals surface area contributed by atoms with Gasteiger partial charge in [0.1, 0.15) is 0 Å². The van der Waals surface area contributed by atoms with E-state index in [1.165, 1.54) is 4.31 Å². The third-order valence-corrected chi connectivity index (χ3v) is 3.70. The highest BCUT2D eigenvalue weighted by Gasteiger charge is 2.29. The predicted octanol–water partition coefficient (Wildman–Crippen LogP) is 0.186. The molecule has 80 valence electrons. The van der Waals surface area contributed by atoms with Gasteiger partial charge < -0.3 is 0 Å². The van der Waals surface area contributed by atoms with E-state index in [1.54, 1.807) is 6.92 Å². The van der Waals surface area contributed by atoms with E-state index in [-0.39, 0.29) is 6.54 Å². The molecule has 1 saturated carbocycles. The molecule has 0 bridgehead atoms. The van der Waals surface area contributed by atoms with Gasteiger partial charge >= 0.3 is 0 Å². The van der Waals surface area contributed by atoms with Gasteiger partial charge in [0, 0.05) is 13.1 Å². The maximum Gasteiger partial charge on any atom is 0.280 e. The molecule has 0 aromatic carbocycles. The molecule has 0 atom stereocenters. The van der Waals surface area contributed by atoms with E-state index >= 15 is 0 Å². The SMILES string of the molecule is C#CCN(CC1CC1)S(=O)(=O)NCC. The van der Waals surface area contributed by atoms with E-state index in [4.69, 9.17) is 6.42 Å². The number of hydrogen-bond acceptors (Lipinski definition) is 2. The van der Waals surface area contributed by atoms with Crippen molar-refractivity contribution in [3.05, 3.63) is 0 Å². The molecule has 0 aromatic heterocycles. The molecule has 0 heterocycles. The second kappa shape index (κ2) is 4.78. The zero-order valence-corrected chi connectivity index (χ0v) is 9.18. The molecule has 0 aromatic rings. The molecule has 0 amide bonds. The molecule has 0 spiro atoms. The number of nitrogens with zero attached hydrogens (tertiary/aromatic N) is 1. The first-order chi connectivity index (χ1) is 6.60. The van der Waals surface area contributed by atoms with Gasteiger partial charge in [-0.1, -0.05) is 12.8 Å². The van der Waals surface area contributed by atoms with Gasteiger partial charge in [-0.25, -0.2) is 4.72 Å². The standard InChI is InChI=1S/C9H16N2O2S/c1-3-7-11(8-9-5-6-9)14(12,13)10-4-2/h1,9-10H,4-8H2,2H3. The van der Waals surface area contributed by atoms with Crippen LogP contribution in [0.5, 0.6) is 0 Å². The van der Waals surface area contributed by atoms with Crippen molar-refractivity contribution in [2.45, 2.75) is 19.8 Å². The average Bonchev–Trinajstić information content (AvgIpc) is 2.87. The zero-order valence-electron chi connectivity index (χ0n) is 8.36. The Labute approximate surface area is 85.9 Å². The smallest absolute Gasteiger partial charge is 0.202 e. The molecule has 0 aliphatic heterocycles. The van der Waals surface area contributed by atoms with Crippen LogP contribution in [0.15, 0.2) is 0 Å². The highest BCUT2D eigenvalue weighted by molar-refractivity contribution is 7.87. The van der Waals surface area contributed by atoms with Crippen LogP contribution in [-0.4, -0.2) is 32.4 Å². The van der Waals surface area contributed by atoms with Gasteiger partial charge in [-0.05, 0) is 18.8 Å². The Morgan fingerprint density at radius 1 is 1.57 bits per heavy atom. The highest BCUT2D eigenvalue weighted by atomic mass is 32.2. The third-order valence-electron chi connectivity index (χ3n) is 2.09. The molecular formula is C9H16N2O2S. The minimum atomic E-state index is -3.35. The molecule has 1 aliphatic carbocycles. The second-order valence-corrected chi connectivity index (χ2v) is 5.20. The van der Waals surface area contributed by atoms with Crippen LogP contribution in [0.1, 0.15) is 19.8 Å². The summed E-state index contributed by atoms with van der Waals surface area (Å²) in [5, 5.41) is 0. The number of rotatable bonds is 6. The van der Waals surface area contributed by atoms with Crippen molar-refractivity contribution >= 4 is 10.2 Å². The van der Waals surface area contributed by atoms with Crippen molar-refractivity contribution < 1.29 is 8.42 Å². The van der Waals surface area contributed by atoms with E-state index in [2.05, 4.69) is 10.6 Å². The van der Waals surface area contributed by atoms with E-state index < -0.39 is 10.2 Å². The van der Waals surface area contributed by atoms with E-state index in [0.717, 1.165) is 12.8 Å². The number of terminal acetylenes is 1. The maximum absolute atomic E-state index is 11.6. The molecule has 1 fully saturated rings. The van der Waals surface area contributed by atoms with Gasteiger partial charge in [-0.15, -0.1) is 6.42 Å². The Hall–Kier alpha value is -0.570. The first-order valence-electron chi connectivity index (χ1n) is 4.78. The van der Waals surface area contributed by atoms with Crippen LogP contribution in [0.3, 0.4) is 0 Å². The number of hydrogen-bond donors (Lipinski definition) is 1. The molecule has 1 rings (SSSR count). The summed E-state index contributed by atoms with van der Waals surface area (Å²) in [5.41, 5.74) is 0. The third kappa shape index (κ3) is 3.29. The van der Waals surface area contributed by atoms with Crippen LogP contribution < -0.4 is 4.72 Å². The topological polar surface area (TPSA) is 49.4 Å². The summed E-state index contributed by atoms with van der Waals surface area (Å²) in [6.45, 7) is 2.86. The minimum absolute atomic E-state index is 0.159. The van der Waals surface area contributed by atoms with E-state index in [0.29, 0.717) is 19.0 Å². The zero-order chi connectivity index (χ0) is 10.6. The van der Waals surface area contributed by atoms with Gasteiger partial charge in [-0.3, -0.25) is 0 Å². The van der Waals surface area contributed by atoms with Gasteiger partial charge in [-0.2, -0.15) is 12.7 Å². The predicted molar refractivity (Wildman–Crippen MR) is 55.7 cm³/mol. The van der Waals surface area contributed by atoms with Gasteiger partial charge in [0.05, 0.1) is 6.54 Å². The Kier molecular flexibility index (Phi) is 3.93. The average molecular weight is 216 g/mol. The van der Waals surface area contributed by atoms with Crippen LogP contribution in [0.4, 0.5) is 0 Å². The Balaban J connectivity index is 2.60. The number of nitrogens with one attached hydrogen (secondary N) is 1. The molecule has 0 saturated heterocycles. The van der Waals surface area contributed by atoms with Crippen molar-refractivity contribution in [2.24, 2.45) is 5.92 Å². The minimum Gasteiger partial charge on any atom is -0.202 e. The molecule has 0 unspecified atom stereocenters. The van der Waals surface area contributed by atoms with E-state index in [1.807, 2.05) is 0 Å². The van der Waals surface area contributed by atoms with Crippen molar-refractivity contribution in [2.75, 3.05) is 19.6 Å². The van der Waals surface area contributed by atoms with Gasteiger partial charge in [0.2, 0.25) is 0 Å². The van der Waals surface area contributed by atoms with Crippen molar-refractivity contribution in [3.63, 3.8) is 0 Å². The van der Waals surface area contributed by atoms with Crippen LogP contribution in [-0.2, 0) is 10.2 Å². The van der Waals surface area contributed by atoms with Crippen LogP contribution in [0.2, 0.25) is 0 Å². The largest absolute Gasteiger partial charge is 0.280 e. The quantitative estimate of drug-likeness (QED) is 0.644. The molecule has 1 aliphatic rings. The Morgan fingerprint density at radius 2 is 2.21 bits per heavy atom. The van der Waals surface area contributed by atoms with Crippen molar-refractivity contribution in [3.8, 4) is 12.3 Å². The summed E-state index contributed by atoms with van der Waals surface area (Å²) < 4.78 is 27.0. The normalized spacial score (nSPS) is 16.9. The van der Waals surface area contributed by atoms with Gasteiger partial charge in [0.15, 0.2) is 0 Å². The summed E-state index contributed by atoms with van der Waals surface area (Å²) in [6, 6.07) is 0. The molecule has 1 N–H and O–H groups in total. The monoisotopic (exact) mass is 216 g/mol. The van der Waals surface area contributed by atoms with Crippen LogP contribution >= 0.6 is 0 Å². The van der Waals surface area contributed by atoms with Gasteiger partial charge in [0.25, 0.3) is 10.2 Å². The summed E-state index contributed by atoms with van der Waals surface area (Å²) >= 11 is 0. The first-order valence-corrected chi connectivity index (χ1v) is 6.22. The van der Waals surface area contributed by atoms with Crippen LogP contribution in [0.25, 0.3) is 0 Å². The summed E-state index contributed by atoms with van der Waals surface area (Å²) in [7, 11) is -3.35. The molecular weight excluding hydrogens is 200 g/mol. The molecule has 5 heteroatoms. The Bertz CT molecular complexity index is 314. The lowest BCUT2D eigenvalue weighted by Crippen LogP contribution is -2.41. The lowest BCUT2D eigenvalue weighted by atomic mass is 10.4. The fourth-order valence-corrected chi connectivity index (χ4v) is 2.41. The van der Waals surface area contributed by atoms with Crippen molar-refractivity contribution in [1.82, 2.24) is 9.03 Å². The maximum atomic E-state index is 11.6. The first kappa shape index (κ1) is 11.5. The second-order valence-electron chi connectivity index (χ2n) is 3.44. The lowest BCUT2D eigenvalue weighted by Gasteiger charge is -2.19. The fraction of sp³-hybridized carbons (Fsp3) is 0.778. The molecule has 4 nitrogen and oxygen atoms in total. The Morgan fingerprint density at radius 3 is 2.64 bits per heavy atom. The lowest BCUT2D eigenvalue weighted by molar-refractivity contribution is 0.422. The van der Waals surface area contributed by atoms with Crippen molar-refractivity contribution in [1.29, 1.82) is 0 Å².